The van der Waals surface area contributed by atoms with E-state index in [1.165, 1.54) is 0 Å². The van der Waals surface area contributed by atoms with Gasteiger partial charge in [-0.15, -0.1) is 0 Å². The van der Waals surface area contributed by atoms with E-state index in [-0.39, 0.29) is 5.91 Å². The second kappa shape index (κ2) is 9.38. The Kier molecular flexibility index (Phi) is 7.12. The minimum atomic E-state index is 0.0841. The highest BCUT2D eigenvalue weighted by Crippen LogP contribution is 2.15. The summed E-state index contributed by atoms with van der Waals surface area (Å²) in [6.45, 7) is 4.58. The van der Waals surface area contributed by atoms with Crippen molar-refractivity contribution in [3.05, 3.63) is 23.9 Å². The molecule has 0 unspecified atom stereocenters. The Hall–Kier alpha value is -1.66. The molecule has 1 aliphatic heterocycles. The van der Waals surface area contributed by atoms with Gasteiger partial charge in [0.1, 0.15) is 5.82 Å². The summed E-state index contributed by atoms with van der Waals surface area (Å²) in [4.78, 5) is 18.4. The fraction of sp³-hybridized carbons (Fsp3) is 0.625. The zero-order chi connectivity index (χ0) is 15.6. The van der Waals surface area contributed by atoms with Gasteiger partial charge in [-0.1, -0.05) is 0 Å². The lowest BCUT2D eigenvalue weighted by atomic mass is 10.1. The van der Waals surface area contributed by atoms with E-state index in [9.17, 15) is 4.79 Å². The van der Waals surface area contributed by atoms with Crippen molar-refractivity contribution in [2.24, 2.45) is 0 Å². The molecule has 2 heterocycles. The van der Waals surface area contributed by atoms with Crippen LogP contribution in [0, 0.1) is 0 Å². The smallest absolute Gasteiger partial charge is 0.220 e. The van der Waals surface area contributed by atoms with Crippen LogP contribution in [-0.2, 0) is 20.7 Å². The summed E-state index contributed by atoms with van der Waals surface area (Å²) in [5, 5.41) is 2.90. The van der Waals surface area contributed by atoms with Gasteiger partial charge in [-0.2, -0.15) is 0 Å². The van der Waals surface area contributed by atoms with Crippen LogP contribution in [0.3, 0.4) is 0 Å². The second-order valence-electron chi connectivity index (χ2n) is 5.32. The monoisotopic (exact) mass is 307 g/mol. The van der Waals surface area contributed by atoms with Gasteiger partial charge in [-0.25, -0.2) is 4.98 Å². The van der Waals surface area contributed by atoms with Crippen LogP contribution in [0.25, 0.3) is 0 Å². The quantitative estimate of drug-likeness (QED) is 0.726. The van der Waals surface area contributed by atoms with Crippen LogP contribution in [0.2, 0.25) is 0 Å². The normalized spacial score (nSPS) is 14.9. The second-order valence-corrected chi connectivity index (χ2v) is 5.32. The SMILES string of the molecule is COCCCNC(=O)CCc1ccnc(N2CCOCC2)c1. The summed E-state index contributed by atoms with van der Waals surface area (Å²) in [7, 11) is 1.66. The van der Waals surface area contributed by atoms with Gasteiger partial charge in [0.05, 0.1) is 13.2 Å². The number of carbonyl (C=O) groups is 1. The average Bonchev–Trinajstić information content (AvgIpc) is 2.58. The zero-order valence-electron chi connectivity index (χ0n) is 13.2. The van der Waals surface area contributed by atoms with E-state index in [0.29, 0.717) is 19.6 Å². The van der Waals surface area contributed by atoms with Gasteiger partial charge < -0.3 is 19.7 Å². The molecule has 1 saturated heterocycles. The molecule has 6 heteroatoms. The largest absolute Gasteiger partial charge is 0.385 e. The topological polar surface area (TPSA) is 63.7 Å². The van der Waals surface area contributed by atoms with Crippen LogP contribution in [0.1, 0.15) is 18.4 Å². The Balaban J connectivity index is 1.76. The van der Waals surface area contributed by atoms with E-state index in [2.05, 4.69) is 21.3 Å². The molecule has 1 N–H and O–H groups in total. The van der Waals surface area contributed by atoms with Crippen molar-refractivity contribution in [3.8, 4) is 0 Å². The molecule has 0 atom stereocenters. The summed E-state index contributed by atoms with van der Waals surface area (Å²) in [6, 6.07) is 4.05. The predicted octanol–water partition coefficient (Wildman–Crippen LogP) is 1.00. The molecular formula is C16H25N3O3. The number of morpholine rings is 1. The Morgan fingerprint density at radius 1 is 1.45 bits per heavy atom. The number of amides is 1. The fourth-order valence-electron chi connectivity index (χ4n) is 2.37. The molecule has 0 radical (unpaired) electrons. The minimum absolute atomic E-state index is 0.0841. The van der Waals surface area contributed by atoms with Crippen LogP contribution in [0.4, 0.5) is 5.82 Å². The van der Waals surface area contributed by atoms with E-state index in [1.54, 1.807) is 7.11 Å². The minimum Gasteiger partial charge on any atom is -0.385 e. The molecular weight excluding hydrogens is 282 g/mol. The van der Waals surface area contributed by atoms with Crippen LogP contribution in [0.15, 0.2) is 18.3 Å². The van der Waals surface area contributed by atoms with Gasteiger partial charge in [0, 0.05) is 46.0 Å². The third kappa shape index (κ3) is 5.61. The van der Waals surface area contributed by atoms with Gasteiger partial charge in [0.2, 0.25) is 5.91 Å². The lowest BCUT2D eigenvalue weighted by Gasteiger charge is -2.28. The van der Waals surface area contributed by atoms with Crippen LogP contribution < -0.4 is 10.2 Å². The lowest BCUT2D eigenvalue weighted by molar-refractivity contribution is -0.121. The fourth-order valence-corrected chi connectivity index (χ4v) is 2.37. The summed E-state index contributed by atoms with van der Waals surface area (Å²) >= 11 is 0. The molecule has 1 amide bonds. The summed E-state index contributed by atoms with van der Waals surface area (Å²) in [5.74, 6) is 1.06. The van der Waals surface area contributed by atoms with E-state index in [4.69, 9.17) is 9.47 Å². The maximum Gasteiger partial charge on any atom is 0.220 e. The number of methoxy groups -OCH3 is 1. The number of ether oxygens (including phenoxy) is 2. The number of carbonyl (C=O) groups excluding carboxylic acids is 1. The summed E-state index contributed by atoms with van der Waals surface area (Å²) in [6.07, 6.45) is 3.89. The van der Waals surface area contributed by atoms with Gasteiger partial charge in [-0.3, -0.25) is 4.79 Å². The first-order chi connectivity index (χ1) is 10.8. The maximum atomic E-state index is 11.8. The third-order valence-corrected chi connectivity index (χ3v) is 3.63. The van der Waals surface area contributed by atoms with E-state index >= 15 is 0 Å². The number of rotatable bonds is 8. The molecule has 0 aromatic carbocycles. The van der Waals surface area contributed by atoms with Gasteiger partial charge >= 0.3 is 0 Å². The van der Waals surface area contributed by atoms with E-state index in [0.717, 1.165) is 50.5 Å². The Labute approximate surface area is 131 Å². The van der Waals surface area contributed by atoms with Gasteiger partial charge in [0.15, 0.2) is 0 Å². The standard InChI is InChI=1S/C16H25N3O3/c1-21-10-2-6-18-16(20)4-3-14-5-7-17-15(13-14)19-8-11-22-12-9-19/h5,7,13H,2-4,6,8-12H2,1H3,(H,18,20). The highest BCUT2D eigenvalue weighted by molar-refractivity contribution is 5.76. The molecule has 0 spiro atoms. The molecule has 2 rings (SSSR count). The van der Waals surface area contributed by atoms with Crippen molar-refractivity contribution < 1.29 is 14.3 Å². The first-order valence-corrected chi connectivity index (χ1v) is 7.83. The van der Waals surface area contributed by atoms with Crippen molar-refractivity contribution >= 4 is 11.7 Å². The number of hydrogen-bond donors (Lipinski definition) is 1. The first-order valence-electron chi connectivity index (χ1n) is 7.83. The predicted molar refractivity (Wildman–Crippen MR) is 85.1 cm³/mol. The van der Waals surface area contributed by atoms with Crippen molar-refractivity contribution in [2.45, 2.75) is 19.3 Å². The van der Waals surface area contributed by atoms with Gasteiger partial charge in [-0.05, 0) is 30.5 Å². The molecule has 0 aliphatic carbocycles. The highest BCUT2D eigenvalue weighted by Gasteiger charge is 2.12. The number of pyridine rings is 1. The zero-order valence-corrected chi connectivity index (χ0v) is 13.2. The first kappa shape index (κ1) is 16.7. The Morgan fingerprint density at radius 3 is 3.05 bits per heavy atom. The molecule has 1 fully saturated rings. The summed E-state index contributed by atoms with van der Waals surface area (Å²) in [5.41, 5.74) is 1.14. The molecule has 1 aromatic rings. The van der Waals surface area contributed by atoms with Crippen LogP contribution >= 0.6 is 0 Å². The van der Waals surface area contributed by atoms with Crippen molar-refractivity contribution in [2.75, 3.05) is 51.5 Å². The van der Waals surface area contributed by atoms with E-state index in [1.807, 2.05) is 12.3 Å². The number of nitrogens with zero attached hydrogens (tertiary/aromatic N) is 2. The Morgan fingerprint density at radius 2 is 2.27 bits per heavy atom. The molecule has 0 bridgehead atoms. The number of aromatic nitrogens is 1. The molecule has 22 heavy (non-hydrogen) atoms. The number of aryl methyl sites for hydroxylation is 1. The van der Waals surface area contributed by atoms with Crippen molar-refractivity contribution in [3.63, 3.8) is 0 Å². The van der Waals surface area contributed by atoms with Gasteiger partial charge in [0.25, 0.3) is 0 Å². The molecule has 6 nitrogen and oxygen atoms in total. The van der Waals surface area contributed by atoms with Crippen LogP contribution in [0.5, 0.6) is 0 Å². The molecule has 0 saturated carbocycles. The average molecular weight is 307 g/mol. The summed E-state index contributed by atoms with van der Waals surface area (Å²) < 4.78 is 10.3. The lowest BCUT2D eigenvalue weighted by Crippen LogP contribution is -2.36. The maximum absolute atomic E-state index is 11.8. The Bertz CT molecular complexity index is 462. The van der Waals surface area contributed by atoms with Crippen molar-refractivity contribution in [1.82, 2.24) is 10.3 Å². The molecule has 1 aromatic heterocycles. The highest BCUT2D eigenvalue weighted by atomic mass is 16.5. The van der Waals surface area contributed by atoms with Crippen LogP contribution in [-0.4, -0.2) is 57.5 Å². The number of hydrogen-bond acceptors (Lipinski definition) is 5. The third-order valence-electron chi connectivity index (χ3n) is 3.63. The number of anilines is 1. The molecule has 122 valence electrons. The number of nitrogens with one attached hydrogen (secondary N) is 1. The van der Waals surface area contributed by atoms with Crippen molar-refractivity contribution in [1.29, 1.82) is 0 Å². The molecule has 1 aliphatic rings. The van der Waals surface area contributed by atoms with E-state index < -0.39 is 0 Å².